The van der Waals surface area contributed by atoms with Gasteiger partial charge in [0.15, 0.2) is 38.4 Å². The van der Waals surface area contributed by atoms with Crippen molar-refractivity contribution >= 4 is 94.9 Å². The van der Waals surface area contributed by atoms with Gasteiger partial charge in [-0.25, -0.2) is 31.2 Å². The molecule has 6 N–H and O–H groups in total. The predicted octanol–water partition coefficient (Wildman–Crippen LogP) is 6.92. The summed E-state index contributed by atoms with van der Waals surface area (Å²) >= 11 is 1.61. The number of hydrogen-bond donors (Lipinski definition) is 5. The SMILES string of the molecule is CC(=O)Nc1ccn([C@@H]2O[C@@H]3CO[Si](C(C)C)(C(C)C)O[Si](C(C)C)(C(C)C)O[C@H]3[C@@]2(C)S(C)(=O)=O)c(=O)n1.CS[C@]1(C)[C@@H]2O[Si](C(C)C)(C(C)C)O[Si](C(C)C)(C(C)C)OC[C@H]2O[C@H]1n1ccc(NC(C)=O)nc1=O.C[C@@]1(S(C)(=O)=O)[C@H](O)[C@@H](CO)O[C@H]1n1ccc(N)nc1=O. The van der Waals surface area contributed by atoms with Crippen LogP contribution in [-0.4, -0.2) is 191 Å². The van der Waals surface area contributed by atoms with E-state index in [1.165, 1.54) is 49.9 Å². The van der Waals surface area contributed by atoms with Crippen molar-refractivity contribution < 1.29 is 76.8 Å². The number of carbonyl (C=O) groups is 2. The Labute approximate surface area is 579 Å². The third kappa shape index (κ3) is 15.4. The quantitative estimate of drug-likeness (QED) is 0.0856. The first-order valence-corrected chi connectivity index (χ1v) is 45.8. The molecule has 97 heavy (non-hydrogen) atoms. The van der Waals surface area contributed by atoms with Crippen LogP contribution in [0.2, 0.25) is 44.3 Å². The second-order valence-electron chi connectivity index (χ2n) is 28.9. The van der Waals surface area contributed by atoms with E-state index in [0.29, 0.717) is 6.61 Å². The van der Waals surface area contributed by atoms with Crippen LogP contribution in [0.15, 0.2) is 51.2 Å². The molecule has 550 valence electrons. The van der Waals surface area contributed by atoms with Crippen molar-refractivity contribution in [2.24, 2.45) is 0 Å². The molecule has 3 aromatic heterocycles. The first kappa shape index (κ1) is 82.0. The smallest absolute Gasteiger partial charge is 0.351 e. The summed E-state index contributed by atoms with van der Waals surface area (Å²) in [7, 11) is -19.3. The third-order valence-electron chi connectivity index (χ3n) is 19.9. The number of nitrogen functional groups attached to an aromatic ring is 1. The van der Waals surface area contributed by atoms with Crippen molar-refractivity contribution in [3.8, 4) is 0 Å². The molecule has 0 aliphatic carbocycles. The number of sulfone groups is 2. The zero-order valence-corrected chi connectivity index (χ0v) is 67.1. The molecule has 5 saturated heterocycles. The van der Waals surface area contributed by atoms with Crippen molar-refractivity contribution in [3.05, 3.63) is 68.2 Å². The molecule has 0 unspecified atom stereocenters. The molecule has 36 heteroatoms. The average molecular weight is 1500 g/mol. The number of aliphatic hydroxyl groups is 2. The number of nitrogens with two attached hydrogens (primary N) is 1. The lowest BCUT2D eigenvalue weighted by atomic mass is 10.0. The Morgan fingerprint density at radius 2 is 0.918 bits per heavy atom. The van der Waals surface area contributed by atoms with E-state index in [4.69, 9.17) is 45.9 Å². The maximum atomic E-state index is 13.6. The first-order chi connectivity index (χ1) is 44.6. The van der Waals surface area contributed by atoms with Crippen LogP contribution < -0.4 is 33.4 Å². The molecule has 3 aromatic rings. The van der Waals surface area contributed by atoms with Crippen LogP contribution in [0, 0.1) is 0 Å². The van der Waals surface area contributed by atoms with Gasteiger partial charge in [0, 0.05) is 44.9 Å². The summed E-state index contributed by atoms with van der Waals surface area (Å²) in [5.41, 5.74) is 4.34. The minimum absolute atomic E-state index is 0.0189. The molecular formula is C61H107N9O20S3Si4. The standard InChI is InChI=1S/C25H45N3O8SSi2.C25H45N3O6SSi2.C11H17N3O6S/c1-15(2)38(16(3)4)33-14-20-22(35-39(36-38,17(5)6)18(7)8)25(10,37(11,31)32)23(34-20)28-13-12-21(26-19(9)29)27-24(28)30;1-15(2)36(16(3)4)31-14-20-22(33-37(34-36,17(5)6)18(7)8)25(10,35-11)23(32-20)28-13-12-21(26-19(9)29)27-24(28)30;1-11(21(2,18)19)8(16)6(5-15)20-9(11)14-4-3-7(12)13-10(14)17/h12-13,15-18,20,22-23H,14H2,1-11H3,(H,26,27,29,30);12-13,15-18,20,22-23H,14H2,1-11H3,(H,26,27,29,30);3-4,6,8-9,15-16H,5H2,1-2H3,(H2,12,13,17)/t2*20-,22-,23-,25-;6-,8-,9-,11-/m111/s1. The fraction of sp³-hybridized carbons (Fsp3) is 0.770. The van der Waals surface area contributed by atoms with Crippen LogP contribution in [-0.2, 0) is 69.4 Å². The highest BCUT2D eigenvalue weighted by atomic mass is 32.2. The van der Waals surface area contributed by atoms with E-state index in [1.807, 2.05) is 6.26 Å². The zero-order valence-electron chi connectivity index (χ0n) is 60.6. The minimum atomic E-state index is -3.89. The average Bonchev–Trinajstić information content (AvgIpc) is 1.44. The van der Waals surface area contributed by atoms with Gasteiger partial charge in [0.05, 0.1) is 36.8 Å². The van der Waals surface area contributed by atoms with Crippen LogP contribution in [0.1, 0.15) is 164 Å². The summed E-state index contributed by atoms with van der Waals surface area (Å²) in [6, 6.07) is 4.36. The number of aromatic nitrogens is 6. The Balaban J connectivity index is 0.000000240. The molecule has 0 aromatic carbocycles. The van der Waals surface area contributed by atoms with Crippen molar-refractivity contribution in [3.63, 3.8) is 0 Å². The van der Waals surface area contributed by atoms with Gasteiger partial charge in [0.1, 0.15) is 51.4 Å². The second kappa shape index (κ2) is 30.6. The van der Waals surface area contributed by atoms with Crippen LogP contribution in [0.3, 0.4) is 0 Å². The number of carbonyl (C=O) groups excluding carboxylic acids is 2. The molecule has 0 saturated carbocycles. The number of fused-ring (bicyclic) bond motifs is 2. The Kier molecular flexibility index (Phi) is 25.8. The molecule has 0 spiro atoms. The molecule has 5 aliphatic rings. The number of thioether (sulfide) groups is 1. The lowest BCUT2D eigenvalue weighted by Gasteiger charge is -2.52. The van der Waals surface area contributed by atoms with Crippen molar-refractivity contribution in [1.29, 1.82) is 0 Å². The topological polar surface area (TPSA) is 381 Å². The van der Waals surface area contributed by atoms with Gasteiger partial charge in [0.25, 0.3) is 0 Å². The van der Waals surface area contributed by atoms with Crippen LogP contribution in [0.4, 0.5) is 17.5 Å². The third-order valence-corrected chi connectivity index (χ3v) is 45.7. The second-order valence-corrected chi connectivity index (χ2v) is 52.8. The van der Waals surface area contributed by atoms with Crippen LogP contribution in [0.25, 0.3) is 0 Å². The zero-order chi connectivity index (χ0) is 73.6. The minimum Gasteiger partial charge on any atom is -0.414 e. The lowest BCUT2D eigenvalue weighted by molar-refractivity contribution is -0.115. The number of hydrogen-bond acceptors (Lipinski definition) is 25. The summed E-state index contributed by atoms with van der Waals surface area (Å²) in [4.78, 5) is 72.6. The molecule has 2 amide bonds. The Bertz CT molecular complexity index is 3680. The number of nitrogens with zero attached hydrogens (tertiary/aromatic N) is 6. The van der Waals surface area contributed by atoms with Gasteiger partial charge in [-0.15, -0.1) is 0 Å². The monoisotopic (exact) mass is 1490 g/mol. The molecule has 0 bridgehead atoms. The number of ether oxygens (including phenoxy) is 3. The summed E-state index contributed by atoms with van der Waals surface area (Å²) in [5, 5.41) is 24.4. The van der Waals surface area contributed by atoms with Crippen molar-refractivity contribution in [1.82, 2.24) is 28.7 Å². The van der Waals surface area contributed by atoms with Gasteiger partial charge in [0.2, 0.25) is 11.8 Å². The molecule has 8 rings (SSSR count). The van der Waals surface area contributed by atoms with Gasteiger partial charge in [-0.05, 0) is 89.6 Å². The maximum Gasteiger partial charge on any atom is 0.351 e. The van der Waals surface area contributed by atoms with Crippen molar-refractivity contribution in [2.75, 3.05) is 55.0 Å². The van der Waals surface area contributed by atoms with Gasteiger partial charge >= 0.3 is 51.3 Å². The largest absolute Gasteiger partial charge is 0.414 e. The molecule has 8 heterocycles. The number of nitrogens with one attached hydrogen (secondary N) is 2. The van der Waals surface area contributed by atoms with E-state index < -0.39 is 135 Å². The summed E-state index contributed by atoms with van der Waals surface area (Å²) in [5.74, 6) is -0.404. The molecular weight excluding hydrogens is 1390 g/mol. The van der Waals surface area contributed by atoms with Gasteiger partial charge < -0.3 is 66.7 Å². The fourth-order valence-corrected chi connectivity index (χ4v) is 39.8. The number of amides is 2. The van der Waals surface area contributed by atoms with E-state index in [0.717, 1.165) is 21.6 Å². The first-order valence-electron chi connectivity index (χ1n) is 32.9. The molecule has 29 nitrogen and oxygen atoms in total. The number of anilines is 3. The van der Waals surface area contributed by atoms with Gasteiger partial charge in [-0.2, -0.15) is 26.7 Å². The normalized spacial score (nSPS) is 30.1. The summed E-state index contributed by atoms with van der Waals surface area (Å²) in [6.07, 6.45) is 0.0861. The fourth-order valence-electron chi connectivity index (χ4n) is 14.0. The molecule has 5 fully saturated rings. The molecule has 0 radical (unpaired) electrons. The maximum absolute atomic E-state index is 13.6. The van der Waals surface area contributed by atoms with Crippen molar-refractivity contribution in [2.45, 2.75) is 259 Å². The molecule has 12 atom stereocenters. The summed E-state index contributed by atoms with van der Waals surface area (Å²) in [6.45, 7) is 41.6. The predicted molar refractivity (Wildman–Crippen MR) is 379 cm³/mol. The van der Waals surface area contributed by atoms with Crippen LogP contribution in [0.5, 0.6) is 0 Å². The highest BCUT2D eigenvalue weighted by Crippen LogP contribution is 2.56. The summed E-state index contributed by atoms with van der Waals surface area (Å²) < 4.78 is 112. The van der Waals surface area contributed by atoms with E-state index in [9.17, 15) is 51.0 Å². The Hall–Kier alpha value is -3.94. The Morgan fingerprint density at radius 1 is 0.577 bits per heavy atom. The van der Waals surface area contributed by atoms with E-state index in [2.05, 4.69) is 143 Å². The number of aliphatic hydroxyl groups excluding tert-OH is 2. The van der Waals surface area contributed by atoms with Gasteiger partial charge in [-0.1, -0.05) is 111 Å². The Morgan fingerprint density at radius 3 is 1.26 bits per heavy atom. The molecule has 5 aliphatic heterocycles. The van der Waals surface area contributed by atoms with Gasteiger partial charge in [-0.3, -0.25) is 23.3 Å². The van der Waals surface area contributed by atoms with Crippen LogP contribution >= 0.6 is 11.8 Å². The highest BCUT2D eigenvalue weighted by molar-refractivity contribution is 8.00. The number of rotatable bonds is 17. The highest BCUT2D eigenvalue weighted by Gasteiger charge is 2.69. The lowest BCUT2D eigenvalue weighted by Crippen LogP contribution is -2.67. The van der Waals surface area contributed by atoms with E-state index in [-0.39, 0.29) is 92.4 Å². The van der Waals surface area contributed by atoms with E-state index >= 15 is 0 Å². The van der Waals surface area contributed by atoms with E-state index in [1.54, 1.807) is 30.9 Å².